The van der Waals surface area contributed by atoms with Crippen LogP contribution in [-0.4, -0.2) is 25.7 Å². The molecule has 2 N–H and O–H groups in total. The summed E-state index contributed by atoms with van der Waals surface area (Å²) in [6, 6.07) is 0.701. The van der Waals surface area contributed by atoms with E-state index in [1.807, 2.05) is 0 Å². The molecule has 13 heavy (non-hydrogen) atoms. The zero-order valence-electron chi connectivity index (χ0n) is 9.48. The largest absolute Gasteiger partial charge is 0.316 e. The maximum Gasteiger partial charge on any atom is 0.00795 e. The van der Waals surface area contributed by atoms with Crippen LogP contribution in [-0.2, 0) is 0 Å². The van der Waals surface area contributed by atoms with Crippen molar-refractivity contribution < 1.29 is 0 Å². The summed E-state index contributed by atoms with van der Waals surface area (Å²) in [5.74, 6) is 0.836. The Labute approximate surface area is 82.5 Å². The molecule has 2 heteroatoms. The molecule has 0 saturated carbocycles. The molecule has 2 nitrogen and oxygen atoms in total. The van der Waals surface area contributed by atoms with E-state index in [0.717, 1.165) is 12.5 Å². The number of hydrogen-bond donors (Lipinski definition) is 2. The molecule has 0 spiro atoms. The quantitative estimate of drug-likeness (QED) is 0.696. The third kappa shape index (κ3) is 4.10. The van der Waals surface area contributed by atoms with Crippen molar-refractivity contribution in [2.75, 3.05) is 19.6 Å². The summed E-state index contributed by atoms with van der Waals surface area (Å²) in [6.07, 6.45) is 1.33. The van der Waals surface area contributed by atoms with Gasteiger partial charge in [-0.05, 0) is 37.8 Å². The molecule has 1 fully saturated rings. The molecule has 1 saturated heterocycles. The minimum atomic E-state index is 0.412. The van der Waals surface area contributed by atoms with Gasteiger partial charge in [0.15, 0.2) is 0 Å². The molecule has 0 aliphatic carbocycles. The third-order valence-electron chi connectivity index (χ3n) is 2.75. The van der Waals surface area contributed by atoms with E-state index in [4.69, 9.17) is 0 Å². The Morgan fingerprint density at radius 1 is 1.38 bits per heavy atom. The minimum absolute atomic E-state index is 0.412. The van der Waals surface area contributed by atoms with Crippen LogP contribution in [0.15, 0.2) is 0 Å². The summed E-state index contributed by atoms with van der Waals surface area (Å²) in [5.41, 5.74) is 0.412. The standard InChI is InChI=1S/C11H24N2/c1-9-10(5-6-13-9)7-12-8-11(2,3)4/h9-10,12-13H,5-8H2,1-4H3. The molecule has 0 aromatic heterocycles. The molecule has 2 atom stereocenters. The fraction of sp³-hybridized carbons (Fsp3) is 1.00. The first-order valence-corrected chi connectivity index (χ1v) is 5.43. The molecular weight excluding hydrogens is 160 g/mol. The van der Waals surface area contributed by atoms with Crippen LogP contribution in [0.2, 0.25) is 0 Å². The summed E-state index contributed by atoms with van der Waals surface area (Å²) in [5, 5.41) is 7.03. The Hall–Kier alpha value is -0.0800. The van der Waals surface area contributed by atoms with Crippen LogP contribution in [0.25, 0.3) is 0 Å². The van der Waals surface area contributed by atoms with Crippen molar-refractivity contribution >= 4 is 0 Å². The Balaban J connectivity index is 2.12. The van der Waals surface area contributed by atoms with Crippen LogP contribution in [0.1, 0.15) is 34.1 Å². The Bertz CT molecular complexity index is 149. The fourth-order valence-electron chi connectivity index (χ4n) is 1.82. The average molecular weight is 184 g/mol. The second-order valence-electron chi connectivity index (χ2n) is 5.48. The van der Waals surface area contributed by atoms with E-state index in [0.29, 0.717) is 11.5 Å². The van der Waals surface area contributed by atoms with Gasteiger partial charge in [0.1, 0.15) is 0 Å². The van der Waals surface area contributed by atoms with Crippen molar-refractivity contribution in [2.24, 2.45) is 11.3 Å². The molecule has 1 heterocycles. The second kappa shape index (κ2) is 4.43. The molecule has 2 unspecified atom stereocenters. The molecule has 1 aliphatic heterocycles. The van der Waals surface area contributed by atoms with E-state index in [1.54, 1.807) is 0 Å². The topological polar surface area (TPSA) is 24.1 Å². The number of nitrogens with one attached hydrogen (secondary N) is 2. The van der Waals surface area contributed by atoms with Gasteiger partial charge >= 0.3 is 0 Å². The van der Waals surface area contributed by atoms with Crippen molar-refractivity contribution in [1.29, 1.82) is 0 Å². The summed E-state index contributed by atoms with van der Waals surface area (Å²) < 4.78 is 0. The predicted molar refractivity (Wildman–Crippen MR) is 57.9 cm³/mol. The van der Waals surface area contributed by atoms with Crippen molar-refractivity contribution in [1.82, 2.24) is 10.6 Å². The summed E-state index contributed by atoms with van der Waals surface area (Å²) in [4.78, 5) is 0. The van der Waals surface area contributed by atoms with Crippen LogP contribution < -0.4 is 10.6 Å². The van der Waals surface area contributed by atoms with E-state index in [-0.39, 0.29) is 0 Å². The molecule has 0 radical (unpaired) electrons. The van der Waals surface area contributed by atoms with Crippen LogP contribution in [0.5, 0.6) is 0 Å². The normalized spacial score (nSPS) is 29.5. The highest BCUT2D eigenvalue weighted by molar-refractivity contribution is 4.82. The highest BCUT2D eigenvalue weighted by Gasteiger charge is 2.22. The fourth-order valence-corrected chi connectivity index (χ4v) is 1.82. The van der Waals surface area contributed by atoms with Gasteiger partial charge in [-0.25, -0.2) is 0 Å². The van der Waals surface area contributed by atoms with Crippen LogP contribution >= 0.6 is 0 Å². The van der Waals surface area contributed by atoms with E-state index < -0.39 is 0 Å². The van der Waals surface area contributed by atoms with E-state index >= 15 is 0 Å². The Kier molecular flexibility index (Phi) is 3.74. The lowest BCUT2D eigenvalue weighted by Gasteiger charge is -2.22. The van der Waals surface area contributed by atoms with Gasteiger partial charge in [0.2, 0.25) is 0 Å². The number of hydrogen-bond acceptors (Lipinski definition) is 2. The van der Waals surface area contributed by atoms with Gasteiger partial charge in [0.05, 0.1) is 0 Å². The smallest absolute Gasteiger partial charge is 0.00795 e. The highest BCUT2D eigenvalue weighted by atomic mass is 15.0. The summed E-state index contributed by atoms with van der Waals surface area (Å²) in [6.45, 7) is 12.6. The van der Waals surface area contributed by atoms with E-state index in [1.165, 1.54) is 19.5 Å². The molecule has 1 rings (SSSR count). The van der Waals surface area contributed by atoms with Crippen LogP contribution in [0, 0.1) is 11.3 Å². The van der Waals surface area contributed by atoms with Crippen LogP contribution in [0.4, 0.5) is 0 Å². The van der Waals surface area contributed by atoms with Crippen molar-refractivity contribution in [3.05, 3.63) is 0 Å². The molecule has 0 aromatic carbocycles. The van der Waals surface area contributed by atoms with Gasteiger partial charge in [-0.15, -0.1) is 0 Å². The average Bonchev–Trinajstić information content (AvgIpc) is 2.34. The molecule has 0 amide bonds. The van der Waals surface area contributed by atoms with Gasteiger partial charge < -0.3 is 10.6 Å². The lowest BCUT2D eigenvalue weighted by atomic mass is 9.96. The van der Waals surface area contributed by atoms with E-state index in [2.05, 4.69) is 38.3 Å². The van der Waals surface area contributed by atoms with Gasteiger partial charge in [-0.2, -0.15) is 0 Å². The summed E-state index contributed by atoms with van der Waals surface area (Å²) in [7, 11) is 0. The first-order chi connectivity index (χ1) is 5.99. The van der Waals surface area contributed by atoms with Gasteiger partial charge in [0.25, 0.3) is 0 Å². The van der Waals surface area contributed by atoms with Gasteiger partial charge in [-0.1, -0.05) is 20.8 Å². The minimum Gasteiger partial charge on any atom is -0.316 e. The van der Waals surface area contributed by atoms with Crippen molar-refractivity contribution in [2.45, 2.75) is 40.2 Å². The Morgan fingerprint density at radius 3 is 2.54 bits per heavy atom. The third-order valence-corrected chi connectivity index (χ3v) is 2.75. The highest BCUT2D eigenvalue weighted by Crippen LogP contribution is 2.15. The zero-order chi connectivity index (χ0) is 9.90. The second-order valence-corrected chi connectivity index (χ2v) is 5.48. The predicted octanol–water partition coefficient (Wildman–Crippen LogP) is 1.62. The molecule has 1 aliphatic rings. The van der Waals surface area contributed by atoms with Gasteiger partial charge in [-0.3, -0.25) is 0 Å². The van der Waals surface area contributed by atoms with Crippen molar-refractivity contribution in [3.63, 3.8) is 0 Å². The molecule has 0 aromatic rings. The zero-order valence-corrected chi connectivity index (χ0v) is 9.48. The maximum absolute atomic E-state index is 3.56. The number of rotatable bonds is 3. The molecule has 78 valence electrons. The van der Waals surface area contributed by atoms with Gasteiger partial charge in [0, 0.05) is 12.6 Å². The first kappa shape index (κ1) is 11.0. The monoisotopic (exact) mass is 184 g/mol. The molecular formula is C11H24N2. The lowest BCUT2D eigenvalue weighted by molar-refractivity contribution is 0.350. The first-order valence-electron chi connectivity index (χ1n) is 5.43. The van der Waals surface area contributed by atoms with E-state index in [9.17, 15) is 0 Å². The lowest BCUT2D eigenvalue weighted by Crippen LogP contribution is -2.35. The summed E-state index contributed by atoms with van der Waals surface area (Å²) >= 11 is 0. The van der Waals surface area contributed by atoms with Crippen molar-refractivity contribution in [3.8, 4) is 0 Å². The molecule has 0 bridgehead atoms. The SMILES string of the molecule is CC1NCCC1CNCC(C)(C)C. The maximum atomic E-state index is 3.56. The Morgan fingerprint density at radius 2 is 2.08 bits per heavy atom. The van der Waals surface area contributed by atoms with Crippen LogP contribution in [0.3, 0.4) is 0 Å².